The summed E-state index contributed by atoms with van der Waals surface area (Å²) in [6, 6.07) is 18.8. The second-order valence-electron chi connectivity index (χ2n) is 7.27. The number of thiophene rings is 1. The molecule has 0 spiro atoms. The molecule has 1 heterocycles. The van der Waals surface area contributed by atoms with E-state index in [0.29, 0.717) is 22.1 Å². The van der Waals surface area contributed by atoms with Crippen molar-refractivity contribution in [2.75, 3.05) is 10.2 Å². The Morgan fingerprint density at radius 1 is 1.15 bits per heavy atom. The molecular weight excluding hydrogens is 514 g/mol. The van der Waals surface area contributed by atoms with Crippen LogP contribution in [-0.2, 0) is 19.6 Å². The Hall–Kier alpha value is -2.66. The van der Waals surface area contributed by atoms with Crippen LogP contribution in [0.25, 0.3) is 0 Å². The van der Waals surface area contributed by atoms with E-state index in [9.17, 15) is 18.0 Å². The third-order valence-corrected chi connectivity index (χ3v) is 8.61. The molecule has 1 unspecified atom stereocenters. The first-order valence-corrected chi connectivity index (χ1v) is 13.6. The second kappa shape index (κ2) is 11.7. The van der Waals surface area contributed by atoms with Gasteiger partial charge >= 0.3 is 0 Å². The van der Waals surface area contributed by atoms with Gasteiger partial charge in [-0.15, -0.1) is 15.7 Å². The number of nitrogens with one attached hydrogen (secondary N) is 1. The van der Waals surface area contributed by atoms with E-state index in [-0.39, 0.29) is 21.7 Å². The quantitative estimate of drug-likeness (QED) is 0.231. The van der Waals surface area contributed by atoms with Crippen LogP contribution in [0.3, 0.4) is 0 Å². The summed E-state index contributed by atoms with van der Waals surface area (Å²) in [5.74, 6) is -0.242. The van der Waals surface area contributed by atoms with E-state index in [2.05, 4.69) is 9.71 Å². The summed E-state index contributed by atoms with van der Waals surface area (Å²) in [7, 11) is -4.13. The Morgan fingerprint density at radius 2 is 1.82 bits per heavy atom. The summed E-state index contributed by atoms with van der Waals surface area (Å²) in [5.41, 5.74) is 2.18. The van der Waals surface area contributed by atoms with Crippen LogP contribution in [-0.4, -0.2) is 31.2 Å². The van der Waals surface area contributed by atoms with Gasteiger partial charge in [-0.3, -0.25) is 14.5 Å². The van der Waals surface area contributed by atoms with Gasteiger partial charge in [-0.05, 0) is 43.3 Å². The van der Waals surface area contributed by atoms with Crippen LogP contribution >= 0.6 is 34.7 Å². The predicted octanol–water partition coefficient (Wildman–Crippen LogP) is 5.57. The number of carbonyl (C=O) groups excluding carboxylic acids is 2. The van der Waals surface area contributed by atoms with Crippen molar-refractivity contribution in [3.63, 3.8) is 0 Å². The molecule has 178 valence electrons. The molecule has 0 aliphatic rings. The third-order valence-electron chi connectivity index (χ3n) is 4.46. The monoisotopic (exact) mass is 535 g/mol. The van der Waals surface area contributed by atoms with Crippen molar-refractivity contribution in [2.24, 2.45) is 4.40 Å². The number of aryl methyl sites for hydroxylation is 1. The van der Waals surface area contributed by atoms with Gasteiger partial charge in [0, 0.05) is 17.4 Å². The van der Waals surface area contributed by atoms with Crippen LogP contribution in [0.1, 0.15) is 18.9 Å². The number of hydrogen-bond donors (Lipinski definition) is 1. The summed E-state index contributed by atoms with van der Waals surface area (Å²) in [4.78, 5) is 25.7. The smallest absolute Gasteiger partial charge is 0.294 e. The van der Waals surface area contributed by atoms with E-state index in [1.807, 2.05) is 19.1 Å². The topological polar surface area (TPSA) is 95.9 Å². The van der Waals surface area contributed by atoms with E-state index < -0.39 is 15.3 Å². The number of amidine groups is 1. The van der Waals surface area contributed by atoms with Crippen LogP contribution in [0, 0.1) is 6.92 Å². The molecule has 0 bridgehead atoms. The minimum Gasteiger partial charge on any atom is -0.326 e. The Bertz CT molecular complexity index is 1280. The van der Waals surface area contributed by atoms with E-state index >= 15 is 0 Å². The average molecular weight is 536 g/mol. The van der Waals surface area contributed by atoms with E-state index in [1.54, 1.807) is 49.4 Å². The molecule has 1 aromatic heterocycles. The highest BCUT2D eigenvalue weighted by atomic mass is 35.5. The van der Waals surface area contributed by atoms with Crippen molar-refractivity contribution >= 4 is 73.6 Å². The fourth-order valence-corrected chi connectivity index (χ4v) is 6.51. The molecule has 3 rings (SSSR count). The van der Waals surface area contributed by atoms with Gasteiger partial charge in [0.25, 0.3) is 10.0 Å². The van der Waals surface area contributed by atoms with Crippen molar-refractivity contribution in [1.29, 1.82) is 0 Å². The fraction of sp³-hybridized carbons (Fsp3) is 0.174. The van der Waals surface area contributed by atoms with Crippen molar-refractivity contribution in [3.05, 3.63) is 76.6 Å². The van der Waals surface area contributed by atoms with Gasteiger partial charge in [0.05, 0.1) is 10.0 Å². The van der Waals surface area contributed by atoms with Crippen molar-refractivity contribution in [3.8, 4) is 0 Å². The minimum atomic E-state index is -4.13. The Kier molecular flexibility index (Phi) is 8.90. The molecule has 34 heavy (non-hydrogen) atoms. The lowest BCUT2D eigenvalue weighted by Crippen LogP contribution is -2.30. The number of anilines is 2. The van der Waals surface area contributed by atoms with Crippen LogP contribution in [0.15, 0.2) is 75.3 Å². The van der Waals surface area contributed by atoms with Crippen LogP contribution in [0.4, 0.5) is 11.4 Å². The molecular formula is C23H22ClN3O4S3. The summed E-state index contributed by atoms with van der Waals surface area (Å²) in [6.45, 7) is 3.71. The normalized spacial score (nSPS) is 12.7. The van der Waals surface area contributed by atoms with Gasteiger partial charge in [-0.2, -0.15) is 8.42 Å². The van der Waals surface area contributed by atoms with Crippen LogP contribution in [0.2, 0.25) is 4.34 Å². The molecule has 7 nitrogen and oxygen atoms in total. The van der Waals surface area contributed by atoms with Crippen molar-refractivity contribution in [1.82, 2.24) is 0 Å². The number of thioether (sulfide) groups is 1. The SMILES string of the molecule is Cc1ccc(NC(=O)CC(C)S/C(=N\S(=O)(=O)c2ccc(Cl)s2)N(C=O)c2ccccc2)cc1. The molecule has 1 N–H and O–H groups in total. The highest BCUT2D eigenvalue weighted by Gasteiger charge is 2.24. The molecule has 0 radical (unpaired) electrons. The van der Waals surface area contributed by atoms with Gasteiger partial charge in [0.2, 0.25) is 12.3 Å². The molecule has 3 aromatic rings. The molecule has 0 aliphatic carbocycles. The van der Waals surface area contributed by atoms with Crippen LogP contribution < -0.4 is 10.2 Å². The zero-order chi connectivity index (χ0) is 24.7. The molecule has 0 saturated heterocycles. The first-order chi connectivity index (χ1) is 16.2. The minimum absolute atomic E-state index is 0.0423. The second-order valence-corrected chi connectivity index (χ2v) is 12.2. The Morgan fingerprint density at radius 3 is 2.41 bits per heavy atom. The summed E-state index contributed by atoms with van der Waals surface area (Å²) in [6.07, 6.45) is 0.571. The van der Waals surface area contributed by atoms with Crippen LogP contribution in [0.5, 0.6) is 0 Å². The number of hydrogen-bond acceptors (Lipinski definition) is 6. The zero-order valence-electron chi connectivity index (χ0n) is 18.3. The first-order valence-electron chi connectivity index (χ1n) is 10.1. The van der Waals surface area contributed by atoms with Gasteiger partial charge in [-0.25, -0.2) is 0 Å². The van der Waals surface area contributed by atoms with E-state index in [0.717, 1.165) is 33.6 Å². The lowest BCUT2D eigenvalue weighted by Gasteiger charge is -2.21. The standard InChI is InChI=1S/C23H22ClN3O4S3/c1-16-8-10-18(11-9-16)25-21(29)14-17(2)32-23(27(15-28)19-6-4-3-5-7-19)26-34(30,31)22-13-12-20(24)33-22/h3-13,15,17H,14H2,1-2H3,(H,25,29)/b26-23-. The maximum atomic E-state index is 12.9. The van der Waals surface area contributed by atoms with E-state index in [1.165, 1.54) is 12.1 Å². The molecule has 0 fully saturated rings. The first kappa shape index (κ1) is 26.0. The lowest BCUT2D eigenvalue weighted by molar-refractivity contribution is -0.116. The number of halogens is 1. The highest BCUT2D eigenvalue weighted by Crippen LogP contribution is 2.30. The largest absolute Gasteiger partial charge is 0.326 e. The van der Waals surface area contributed by atoms with E-state index in [4.69, 9.17) is 11.6 Å². The van der Waals surface area contributed by atoms with Gasteiger partial charge in [-0.1, -0.05) is 66.2 Å². The van der Waals surface area contributed by atoms with Gasteiger partial charge in [0.15, 0.2) is 5.17 Å². The number of benzene rings is 2. The molecule has 0 aliphatic heterocycles. The number of para-hydroxylation sites is 1. The fourth-order valence-electron chi connectivity index (χ4n) is 2.84. The maximum absolute atomic E-state index is 12.9. The number of carbonyl (C=O) groups is 2. The number of amides is 2. The Labute approximate surface area is 211 Å². The Balaban J connectivity index is 1.85. The summed E-state index contributed by atoms with van der Waals surface area (Å²) < 4.78 is 30.0. The maximum Gasteiger partial charge on any atom is 0.294 e. The molecule has 0 saturated carbocycles. The highest BCUT2D eigenvalue weighted by molar-refractivity contribution is 8.15. The molecule has 1 atom stereocenters. The summed E-state index contributed by atoms with van der Waals surface area (Å²) >= 11 is 7.79. The van der Waals surface area contributed by atoms with Crippen molar-refractivity contribution in [2.45, 2.75) is 29.7 Å². The molecule has 2 amide bonds. The van der Waals surface area contributed by atoms with Crippen molar-refractivity contribution < 1.29 is 18.0 Å². The number of nitrogens with zero attached hydrogens (tertiary/aromatic N) is 2. The zero-order valence-corrected chi connectivity index (χ0v) is 21.5. The van der Waals surface area contributed by atoms with Gasteiger partial charge in [0.1, 0.15) is 4.21 Å². The number of rotatable bonds is 8. The number of sulfonamides is 1. The molecule has 11 heteroatoms. The predicted molar refractivity (Wildman–Crippen MR) is 140 cm³/mol. The van der Waals surface area contributed by atoms with Gasteiger partial charge < -0.3 is 5.32 Å². The molecule has 2 aromatic carbocycles. The average Bonchev–Trinajstić information content (AvgIpc) is 3.23. The summed E-state index contributed by atoms with van der Waals surface area (Å²) in [5, 5.41) is 2.36. The lowest BCUT2D eigenvalue weighted by atomic mass is 10.2. The third kappa shape index (κ3) is 7.17.